The number of thiazole rings is 1. The fourth-order valence-corrected chi connectivity index (χ4v) is 3.74. The summed E-state index contributed by atoms with van der Waals surface area (Å²) < 4.78 is 18.3. The van der Waals surface area contributed by atoms with Crippen LogP contribution in [0.3, 0.4) is 0 Å². The fraction of sp³-hybridized carbons (Fsp3) is 0.444. The monoisotopic (exact) mass is 420 g/mol. The molecule has 3 aromatic heterocycles. The van der Waals surface area contributed by atoms with Crippen molar-refractivity contribution < 1.29 is 19.0 Å². The quantitative estimate of drug-likeness (QED) is 0.575. The molecule has 1 saturated heterocycles. The van der Waals surface area contributed by atoms with Crippen molar-refractivity contribution in [1.82, 2.24) is 19.7 Å². The first-order chi connectivity index (χ1) is 14.3. The van der Waals surface area contributed by atoms with E-state index < -0.39 is 0 Å². The number of nitrogens with one attached hydrogen (secondary N) is 1. The Kier molecular flexibility index (Phi) is 7.73. The van der Waals surface area contributed by atoms with Gasteiger partial charge >= 0.3 is 0 Å². The number of hydrogen-bond donors (Lipinski definition) is 1. The van der Waals surface area contributed by atoms with Crippen LogP contribution in [0.4, 0.5) is 10.8 Å². The number of nitrogens with zero attached hydrogens (tertiary/aromatic N) is 5. The lowest BCUT2D eigenvalue weighted by Crippen LogP contribution is -2.36. The minimum absolute atomic E-state index is 0.465. The van der Waals surface area contributed by atoms with Crippen molar-refractivity contribution in [3.05, 3.63) is 24.7 Å². The van der Waals surface area contributed by atoms with Crippen molar-refractivity contribution in [2.75, 3.05) is 57.3 Å². The number of fused-ring (bicyclic) bond motifs is 1. The highest BCUT2D eigenvalue weighted by molar-refractivity contribution is 7.23. The summed E-state index contributed by atoms with van der Waals surface area (Å²) >= 11 is 1.42. The molecule has 10 nitrogen and oxygen atoms in total. The van der Waals surface area contributed by atoms with Crippen molar-refractivity contribution in [2.24, 2.45) is 0 Å². The molecule has 0 bridgehead atoms. The Labute approximate surface area is 172 Å². The van der Waals surface area contributed by atoms with Gasteiger partial charge in [-0.15, -0.1) is 0 Å². The predicted molar refractivity (Wildman–Crippen MR) is 111 cm³/mol. The Morgan fingerprint density at radius 3 is 2.83 bits per heavy atom. The SMILES string of the molecule is COCCn1cccn1.COc1ncc(N2CCOCC2)c2sc(NC=O)nc12. The van der Waals surface area contributed by atoms with Crippen molar-refractivity contribution in [3.63, 3.8) is 0 Å². The van der Waals surface area contributed by atoms with Gasteiger partial charge in [0.05, 0.1) is 50.1 Å². The molecule has 4 rings (SSSR count). The van der Waals surface area contributed by atoms with Gasteiger partial charge in [0.2, 0.25) is 12.3 Å². The van der Waals surface area contributed by atoms with Crippen LogP contribution < -0.4 is 15.0 Å². The van der Waals surface area contributed by atoms with Gasteiger partial charge in [0.25, 0.3) is 0 Å². The van der Waals surface area contributed by atoms with Crippen molar-refractivity contribution >= 4 is 38.8 Å². The largest absolute Gasteiger partial charge is 0.479 e. The molecule has 0 aromatic carbocycles. The first kappa shape index (κ1) is 21.0. The number of ether oxygens (including phenoxy) is 3. The number of pyridine rings is 1. The Balaban J connectivity index is 0.000000224. The van der Waals surface area contributed by atoms with E-state index in [9.17, 15) is 4.79 Å². The smallest absolute Gasteiger partial charge is 0.241 e. The summed E-state index contributed by atoms with van der Waals surface area (Å²) in [4.78, 5) is 21.4. The lowest BCUT2D eigenvalue weighted by molar-refractivity contribution is -0.105. The average molecular weight is 420 g/mol. The third-order valence-electron chi connectivity index (χ3n) is 4.18. The number of methoxy groups -OCH3 is 2. The molecule has 3 aromatic rings. The molecule has 0 spiro atoms. The molecule has 0 saturated carbocycles. The second kappa shape index (κ2) is 10.7. The zero-order valence-electron chi connectivity index (χ0n) is 16.4. The van der Waals surface area contributed by atoms with Gasteiger partial charge in [-0.25, -0.2) is 9.97 Å². The Bertz CT molecular complexity index is 895. The second-order valence-corrected chi connectivity index (χ2v) is 6.97. The minimum atomic E-state index is 0.465. The highest BCUT2D eigenvalue weighted by Crippen LogP contribution is 2.37. The van der Waals surface area contributed by atoms with E-state index >= 15 is 0 Å². The minimum Gasteiger partial charge on any atom is -0.479 e. The standard InChI is InChI=1S/C12H14N4O3S.C6H10N2O/c1-18-11-9-10(20-12(15-9)14-7-17)8(6-13-11)16-2-4-19-5-3-16;1-9-6-5-8-4-2-3-7-8/h6-7H,2-5H2,1H3,(H,14,15,17);2-4H,5-6H2,1H3. The van der Waals surface area contributed by atoms with Crippen LogP contribution in [0.2, 0.25) is 0 Å². The number of rotatable bonds is 7. The van der Waals surface area contributed by atoms with Gasteiger partial charge < -0.3 is 24.4 Å². The number of morpholine rings is 1. The number of carbonyl (C=O) groups is 1. The lowest BCUT2D eigenvalue weighted by atomic mass is 10.3. The van der Waals surface area contributed by atoms with E-state index in [1.165, 1.54) is 11.3 Å². The topological polar surface area (TPSA) is 104 Å². The van der Waals surface area contributed by atoms with Crippen LogP contribution in [0, 0.1) is 0 Å². The zero-order chi connectivity index (χ0) is 20.5. The van der Waals surface area contributed by atoms with Crippen LogP contribution in [0.15, 0.2) is 24.7 Å². The molecule has 1 aliphatic heterocycles. The van der Waals surface area contributed by atoms with Gasteiger partial charge in [0.15, 0.2) is 5.13 Å². The first-order valence-electron chi connectivity index (χ1n) is 9.09. The van der Waals surface area contributed by atoms with E-state index in [2.05, 4.69) is 25.3 Å². The van der Waals surface area contributed by atoms with Crippen molar-refractivity contribution in [3.8, 4) is 5.88 Å². The Morgan fingerprint density at radius 2 is 2.17 bits per heavy atom. The molecular formula is C18H24N6O4S. The number of anilines is 2. The van der Waals surface area contributed by atoms with Gasteiger partial charge in [-0.1, -0.05) is 11.3 Å². The number of hydrogen-bond acceptors (Lipinski definition) is 9. The molecule has 0 aliphatic carbocycles. The highest BCUT2D eigenvalue weighted by atomic mass is 32.1. The molecule has 156 valence electrons. The lowest BCUT2D eigenvalue weighted by Gasteiger charge is -2.28. The van der Waals surface area contributed by atoms with Crippen LogP contribution in [-0.2, 0) is 20.8 Å². The molecule has 0 atom stereocenters. The third-order valence-corrected chi connectivity index (χ3v) is 5.19. The number of aromatic nitrogens is 4. The third kappa shape index (κ3) is 5.40. The van der Waals surface area contributed by atoms with E-state index in [4.69, 9.17) is 14.2 Å². The maximum absolute atomic E-state index is 10.6. The van der Waals surface area contributed by atoms with Crippen LogP contribution in [0.25, 0.3) is 10.2 Å². The van der Waals surface area contributed by atoms with Crippen molar-refractivity contribution in [1.29, 1.82) is 0 Å². The summed E-state index contributed by atoms with van der Waals surface area (Å²) in [7, 11) is 3.24. The maximum atomic E-state index is 10.6. The van der Waals surface area contributed by atoms with E-state index in [-0.39, 0.29) is 0 Å². The van der Waals surface area contributed by atoms with Gasteiger partial charge in [-0.3, -0.25) is 9.48 Å². The number of carbonyl (C=O) groups excluding carboxylic acids is 1. The van der Waals surface area contributed by atoms with Gasteiger partial charge in [0, 0.05) is 32.6 Å². The summed E-state index contributed by atoms with van der Waals surface area (Å²) in [5.74, 6) is 0.465. The molecular weight excluding hydrogens is 396 g/mol. The predicted octanol–water partition coefficient (Wildman–Crippen LogP) is 1.63. The molecule has 11 heteroatoms. The molecule has 1 aliphatic rings. The van der Waals surface area contributed by atoms with E-state index in [0.29, 0.717) is 36.2 Å². The van der Waals surface area contributed by atoms with E-state index in [1.807, 2.05) is 16.9 Å². The highest BCUT2D eigenvalue weighted by Gasteiger charge is 2.19. The van der Waals surface area contributed by atoms with Crippen LogP contribution in [-0.4, -0.2) is 73.3 Å². The van der Waals surface area contributed by atoms with E-state index in [0.717, 1.165) is 36.6 Å². The van der Waals surface area contributed by atoms with Gasteiger partial charge in [-0.05, 0) is 6.07 Å². The molecule has 1 amide bonds. The summed E-state index contributed by atoms with van der Waals surface area (Å²) in [5.41, 5.74) is 1.67. The second-order valence-electron chi connectivity index (χ2n) is 5.97. The molecule has 1 N–H and O–H groups in total. The summed E-state index contributed by atoms with van der Waals surface area (Å²) in [6.45, 7) is 4.59. The normalized spacial score (nSPS) is 13.7. The molecule has 1 fully saturated rings. The fourth-order valence-electron chi connectivity index (χ4n) is 2.79. The molecule has 0 radical (unpaired) electrons. The zero-order valence-corrected chi connectivity index (χ0v) is 17.2. The summed E-state index contributed by atoms with van der Waals surface area (Å²) in [5, 5.41) is 7.11. The number of amides is 1. The maximum Gasteiger partial charge on any atom is 0.241 e. The Hall–Kier alpha value is -2.76. The average Bonchev–Trinajstić information content (AvgIpc) is 3.43. The summed E-state index contributed by atoms with van der Waals surface area (Å²) in [6, 6.07) is 1.90. The van der Waals surface area contributed by atoms with Gasteiger partial charge in [-0.2, -0.15) is 5.10 Å². The molecule has 0 unspecified atom stereocenters. The van der Waals surface area contributed by atoms with Crippen LogP contribution >= 0.6 is 11.3 Å². The van der Waals surface area contributed by atoms with Crippen LogP contribution in [0.1, 0.15) is 0 Å². The van der Waals surface area contributed by atoms with Crippen molar-refractivity contribution in [2.45, 2.75) is 6.54 Å². The molecule has 29 heavy (non-hydrogen) atoms. The van der Waals surface area contributed by atoms with Crippen LogP contribution in [0.5, 0.6) is 5.88 Å². The summed E-state index contributed by atoms with van der Waals surface area (Å²) in [6.07, 6.45) is 6.08. The Morgan fingerprint density at radius 1 is 1.34 bits per heavy atom. The van der Waals surface area contributed by atoms with Gasteiger partial charge in [0.1, 0.15) is 5.52 Å². The van der Waals surface area contributed by atoms with E-state index in [1.54, 1.807) is 26.6 Å². The molecule has 4 heterocycles. The first-order valence-corrected chi connectivity index (χ1v) is 9.91.